The molecular formula is C35H37ClN4O6. The fourth-order valence-electron chi connectivity index (χ4n) is 6.57. The van der Waals surface area contributed by atoms with E-state index in [-0.39, 0.29) is 34.7 Å². The van der Waals surface area contributed by atoms with Crippen molar-refractivity contribution in [1.29, 1.82) is 0 Å². The molecule has 1 unspecified atom stereocenters. The number of ether oxygens (including phenoxy) is 2. The number of carbonyl (C=O) groups is 2. The minimum Gasteiger partial charge on any atom is -0.466 e. The molecule has 0 bridgehead atoms. The summed E-state index contributed by atoms with van der Waals surface area (Å²) in [5.41, 5.74) is 9.28. The van der Waals surface area contributed by atoms with Crippen LogP contribution in [0.25, 0.3) is 0 Å². The van der Waals surface area contributed by atoms with Gasteiger partial charge in [-0.3, -0.25) is 10.1 Å². The average molecular weight is 645 g/mol. The first kappa shape index (κ1) is 32.7. The van der Waals surface area contributed by atoms with E-state index in [0.717, 1.165) is 32.5 Å². The van der Waals surface area contributed by atoms with Crippen molar-refractivity contribution in [2.75, 3.05) is 33.4 Å². The molecular weight excluding hydrogens is 608 g/mol. The van der Waals surface area contributed by atoms with E-state index in [2.05, 4.69) is 46.6 Å². The third-order valence-electron chi connectivity index (χ3n) is 8.92. The molecule has 0 aliphatic carbocycles. The Morgan fingerprint density at radius 3 is 2.33 bits per heavy atom. The molecule has 3 N–H and O–H groups in total. The number of dihydropyridines is 1. The summed E-state index contributed by atoms with van der Waals surface area (Å²) < 4.78 is 10.7. The van der Waals surface area contributed by atoms with E-state index in [0.29, 0.717) is 22.7 Å². The number of carbonyl (C=O) groups excluding carboxylic acids is 2. The van der Waals surface area contributed by atoms with Gasteiger partial charge in [0.1, 0.15) is 5.82 Å². The Balaban J connectivity index is 1.25. The van der Waals surface area contributed by atoms with Crippen LogP contribution in [0.2, 0.25) is 5.02 Å². The standard InChI is InChI=1S/C35H37ClN4O6/c1-23-29(30(31(32(37)38-23)33(41)45-2)24-8-6-11-28(22-24)40(43)44)34(42)46-21-7-18-39-19-16-35(17-20-39,25-9-4-3-5-10-25)26-12-14-27(36)15-13-26/h3-6,8-15,22,30,38H,7,16-21,37H2,1-2H3. The highest BCUT2D eigenvalue weighted by Gasteiger charge is 2.40. The quantitative estimate of drug-likeness (QED) is 0.126. The zero-order valence-electron chi connectivity index (χ0n) is 25.8. The number of nitrogens with two attached hydrogens (primary N) is 1. The van der Waals surface area contributed by atoms with Gasteiger partial charge in [-0.25, -0.2) is 9.59 Å². The van der Waals surface area contributed by atoms with Crippen molar-refractivity contribution in [1.82, 2.24) is 10.2 Å². The molecule has 1 fully saturated rings. The highest BCUT2D eigenvalue weighted by molar-refractivity contribution is 6.30. The fraction of sp³-hybridized carbons (Fsp3) is 0.314. The summed E-state index contributed by atoms with van der Waals surface area (Å²) in [4.78, 5) is 39.7. The van der Waals surface area contributed by atoms with Crippen LogP contribution in [0.5, 0.6) is 0 Å². The number of hydrogen-bond acceptors (Lipinski definition) is 9. The van der Waals surface area contributed by atoms with Crippen molar-refractivity contribution < 1.29 is 24.0 Å². The van der Waals surface area contributed by atoms with Crippen LogP contribution in [0.3, 0.4) is 0 Å². The number of benzene rings is 3. The summed E-state index contributed by atoms with van der Waals surface area (Å²) in [6.45, 7) is 4.29. The van der Waals surface area contributed by atoms with Crippen LogP contribution in [0, 0.1) is 10.1 Å². The molecule has 11 heteroatoms. The predicted octanol–water partition coefficient (Wildman–Crippen LogP) is 5.57. The van der Waals surface area contributed by atoms with Crippen molar-refractivity contribution in [3.05, 3.63) is 133 Å². The number of non-ortho nitro benzene ring substituents is 1. The molecule has 0 radical (unpaired) electrons. The molecule has 0 saturated carbocycles. The second kappa shape index (κ2) is 14.2. The number of nitrogens with zero attached hydrogens (tertiary/aromatic N) is 2. The van der Waals surface area contributed by atoms with Gasteiger partial charge in [-0.15, -0.1) is 0 Å². The molecule has 2 heterocycles. The Kier molecular flexibility index (Phi) is 10.1. The molecule has 3 aromatic carbocycles. The van der Waals surface area contributed by atoms with E-state index in [1.54, 1.807) is 13.0 Å². The van der Waals surface area contributed by atoms with Crippen molar-refractivity contribution >= 4 is 29.2 Å². The maximum Gasteiger partial charge on any atom is 0.338 e. The number of allylic oxidation sites excluding steroid dienone is 1. The highest BCUT2D eigenvalue weighted by atomic mass is 35.5. The Labute approximate surface area is 273 Å². The fourth-order valence-corrected chi connectivity index (χ4v) is 6.70. The van der Waals surface area contributed by atoms with Crippen molar-refractivity contribution in [2.45, 2.75) is 37.5 Å². The molecule has 3 aromatic rings. The summed E-state index contributed by atoms with van der Waals surface area (Å²) in [5.74, 6) is -2.40. The van der Waals surface area contributed by atoms with Crippen LogP contribution in [-0.4, -0.2) is 55.1 Å². The van der Waals surface area contributed by atoms with E-state index in [1.807, 2.05) is 18.2 Å². The van der Waals surface area contributed by atoms with Gasteiger partial charge >= 0.3 is 11.9 Å². The number of likely N-dealkylation sites (tertiary alicyclic amines) is 1. The molecule has 0 amide bonds. The van der Waals surface area contributed by atoms with Crippen LogP contribution in [0.1, 0.15) is 48.8 Å². The molecule has 5 rings (SSSR count). The molecule has 10 nitrogen and oxygen atoms in total. The molecule has 1 atom stereocenters. The lowest BCUT2D eigenvalue weighted by atomic mass is 9.68. The largest absolute Gasteiger partial charge is 0.466 e. The molecule has 46 heavy (non-hydrogen) atoms. The second-order valence-electron chi connectivity index (χ2n) is 11.6. The molecule has 2 aliphatic rings. The molecule has 1 saturated heterocycles. The SMILES string of the molecule is COC(=O)C1=C(N)NC(C)=C(C(=O)OCCCN2CCC(c3ccccc3)(c3ccc(Cl)cc3)CC2)C1c1cccc([N+](=O)[O-])c1. The Hall–Kier alpha value is -4.67. The second-order valence-corrected chi connectivity index (χ2v) is 12.0. The summed E-state index contributed by atoms with van der Waals surface area (Å²) >= 11 is 6.20. The predicted molar refractivity (Wildman–Crippen MR) is 175 cm³/mol. The van der Waals surface area contributed by atoms with E-state index >= 15 is 0 Å². The summed E-state index contributed by atoms with van der Waals surface area (Å²) in [5, 5.41) is 15.1. The van der Waals surface area contributed by atoms with E-state index in [4.69, 9.17) is 26.8 Å². The summed E-state index contributed by atoms with van der Waals surface area (Å²) in [7, 11) is 1.20. The van der Waals surface area contributed by atoms with Gasteiger partial charge < -0.3 is 25.4 Å². The first-order chi connectivity index (χ1) is 22.1. The normalized spacial score (nSPS) is 18.1. The molecule has 0 spiro atoms. The average Bonchev–Trinajstić information content (AvgIpc) is 3.07. The number of rotatable bonds is 10. The van der Waals surface area contributed by atoms with Crippen LogP contribution in [0.15, 0.2) is 102 Å². The number of nitrogens with one attached hydrogen (secondary N) is 1. The van der Waals surface area contributed by atoms with Crippen molar-refractivity contribution in [3.63, 3.8) is 0 Å². The maximum absolute atomic E-state index is 13.6. The van der Waals surface area contributed by atoms with Gasteiger partial charge in [0.15, 0.2) is 0 Å². The van der Waals surface area contributed by atoms with Gasteiger partial charge in [0.2, 0.25) is 0 Å². The lowest BCUT2D eigenvalue weighted by Gasteiger charge is -2.43. The number of nitro benzene ring substituents is 1. The van der Waals surface area contributed by atoms with Gasteiger partial charge in [0.25, 0.3) is 5.69 Å². The minimum absolute atomic E-state index is 0.00711. The lowest BCUT2D eigenvalue weighted by molar-refractivity contribution is -0.384. The third-order valence-corrected chi connectivity index (χ3v) is 9.17. The summed E-state index contributed by atoms with van der Waals surface area (Å²) in [6, 6.07) is 24.5. The van der Waals surface area contributed by atoms with Crippen LogP contribution in [0.4, 0.5) is 5.69 Å². The Bertz CT molecular complexity index is 1660. The van der Waals surface area contributed by atoms with Gasteiger partial charge in [-0.05, 0) is 68.1 Å². The molecule has 0 aromatic heterocycles. The van der Waals surface area contributed by atoms with Gasteiger partial charge in [-0.2, -0.15) is 0 Å². The number of hydrogen-bond donors (Lipinski definition) is 2. The Morgan fingerprint density at radius 1 is 1.00 bits per heavy atom. The topological polar surface area (TPSA) is 137 Å². The number of methoxy groups -OCH3 is 1. The molecule has 2 aliphatic heterocycles. The highest BCUT2D eigenvalue weighted by Crippen LogP contribution is 2.42. The van der Waals surface area contributed by atoms with Gasteiger partial charge in [-0.1, -0.05) is 66.2 Å². The molecule has 240 valence electrons. The van der Waals surface area contributed by atoms with E-state index in [1.165, 1.54) is 36.4 Å². The number of esters is 2. The van der Waals surface area contributed by atoms with Crippen LogP contribution in [-0.2, 0) is 24.5 Å². The third kappa shape index (κ3) is 6.78. The number of halogens is 1. The first-order valence-corrected chi connectivity index (χ1v) is 15.5. The van der Waals surface area contributed by atoms with E-state index < -0.39 is 22.8 Å². The smallest absolute Gasteiger partial charge is 0.338 e. The Morgan fingerprint density at radius 2 is 1.67 bits per heavy atom. The van der Waals surface area contributed by atoms with Crippen molar-refractivity contribution in [2.24, 2.45) is 5.73 Å². The zero-order valence-corrected chi connectivity index (χ0v) is 26.6. The number of piperidine rings is 1. The number of nitro groups is 1. The maximum atomic E-state index is 13.6. The van der Waals surface area contributed by atoms with Crippen molar-refractivity contribution in [3.8, 4) is 0 Å². The monoisotopic (exact) mass is 644 g/mol. The van der Waals surface area contributed by atoms with Gasteiger partial charge in [0.05, 0.1) is 35.7 Å². The zero-order chi connectivity index (χ0) is 32.8. The van der Waals surface area contributed by atoms with E-state index in [9.17, 15) is 19.7 Å². The first-order valence-electron chi connectivity index (χ1n) is 15.2. The van der Waals surface area contributed by atoms with Crippen LogP contribution >= 0.6 is 11.6 Å². The lowest BCUT2D eigenvalue weighted by Crippen LogP contribution is -2.43. The van der Waals surface area contributed by atoms with Gasteiger partial charge in [0, 0.05) is 34.8 Å². The summed E-state index contributed by atoms with van der Waals surface area (Å²) in [6.07, 6.45) is 2.48. The van der Waals surface area contributed by atoms with Crippen LogP contribution < -0.4 is 11.1 Å². The minimum atomic E-state index is -1.01.